The van der Waals surface area contributed by atoms with Crippen molar-refractivity contribution in [2.45, 2.75) is 50.5 Å². The number of aliphatic imine (C=N–C) groups is 1. The van der Waals surface area contributed by atoms with Crippen molar-refractivity contribution in [2.75, 3.05) is 13.1 Å². The minimum atomic E-state index is -0.608. The normalized spacial score (nSPS) is 29.8. The van der Waals surface area contributed by atoms with Crippen LogP contribution in [-0.2, 0) is 4.79 Å². The first-order valence-electron chi connectivity index (χ1n) is 7.30. The Balaban J connectivity index is 1.91. The number of likely N-dealkylation sites (tertiary alicyclic amines) is 1. The molecule has 0 unspecified atom stereocenters. The van der Waals surface area contributed by atoms with Crippen molar-refractivity contribution in [3.05, 3.63) is 0 Å². The summed E-state index contributed by atoms with van der Waals surface area (Å²) in [7, 11) is 0. The molecule has 0 aromatic carbocycles. The molecule has 2 fully saturated rings. The topological polar surface area (TPSA) is 68.5 Å². The number of hydrogen-bond donors (Lipinski definition) is 1. The number of nitrogens with zero attached hydrogens (tertiary/aromatic N) is 3. The molecular formula is C14H20N4O. The average Bonchev–Trinajstić information content (AvgIpc) is 2.88. The lowest BCUT2D eigenvalue weighted by Gasteiger charge is -2.38. The molecule has 1 saturated heterocycles. The third kappa shape index (κ3) is 2.09. The third-order valence-electron chi connectivity index (χ3n) is 4.62. The van der Waals surface area contributed by atoms with Gasteiger partial charge in [-0.15, -0.1) is 0 Å². The monoisotopic (exact) mass is 260 g/mol. The maximum atomic E-state index is 12.2. The van der Waals surface area contributed by atoms with Crippen LogP contribution >= 0.6 is 0 Å². The molecular weight excluding hydrogens is 240 g/mol. The Bertz CT molecular complexity index is 439. The average molecular weight is 260 g/mol. The van der Waals surface area contributed by atoms with E-state index in [2.05, 4.69) is 16.3 Å². The first-order valence-corrected chi connectivity index (χ1v) is 7.30. The van der Waals surface area contributed by atoms with E-state index < -0.39 is 11.5 Å². The van der Waals surface area contributed by atoms with Gasteiger partial charge in [-0.05, 0) is 32.1 Å². The lowest BCUT2D eigenvalue weighted by Crippen LogP contribution is -2.57. The van der Waals surface area contributed by atoms with Gasteiger partial charge in [-0.1, -0.05) is 12.8 Å². The highest BCUT2D eigenvalue weighted by atomic mass is 16.2. The van der Waals surface area contributed by atoms with Gasteiger partial charge in [0.25, 0.3) is 0 Å². The second kappa shape index (κ2) is 4.84. The molecule has 0 aromatic rings. The number of nitrogens with one attached hydrogen (secondary N) is 1. The van der Waals surface area contributed by atoms with Gasteiger partial charge in [-0.25, -0.2) is 4.99 Å². The SMILES string of the molecule is N#C[C@H]1C(=O)NC(N2CCCCC2)=NC12CCCC2. The number of piperidine rings is 1. The lowest BCUT2D eigenvalue weighted by atomic mass is 9.82. The van der Waals surface area contributed by atoms with E-state index in [0.717, 1.165) is 57.6 Å². The van der Waals surface area contributed by atoms with E-state index in [1.165, 1.54) is 6.42 Å². The molecule has 1 saturated carbocycles. The Hall–Kier alpha value is -1.57. The van der Waals surface area contributed by atoms with Crippen molar-refractivity contribution in [1.82, 2.24) is 10.2 Å². The molecule has 5 heteroatoms. The third-order valence-corrected chi connectivity index (χ3v) is 4.62. The zero-order valence-electron chi connectivity index (χ0n) is 11.2. The molecule has 1 atom stereocenters. The standard InChI is InChI=1S/C14H20N4O/c15-10-11-12(19)16-13(18-8-4-1-5-9-18)17-14(11)6-2-3-7-14/h11H,1-9H2,(H,16,17,19)/t11-/m0/s1. The van der Waals surface area contributed by atoms with Crippen LogP contribution in [0.1, 0.15) is 44.9 Å². The van der Waals surface area contributed by atoms with Crippen LogP contribution in [0.4, 0.5) is 0 Å². The molecule has 2 aliphatic heterocycles. The fraction of sp³-hybridized carbons (Fsp3) is 0.786. The molecule has 102 valence electrons. The van der Waals surface area contributed by atoms with Gasteiger partial charge in [0.05, 0.1) is 11.6 Å². The summed E-state index contributed by atoms with van der Waals surface area (Å²) < 4.78 is 0. The molecule has 3 aliphatic rings. The number of rotatable bonds is 0. The van der Waals surface area contributed by atoms with Gasteiger partial charge in [-0.2, -0.15) is 5.26 Å². The quantitative estimate of drug-likeness (QED) is 0.716. The zero-order chi connectivity index (χ0) is 13.3. The predicted molar refractivity (Wildman–Crippen MR) is 71.3 cm³/mol. The summed E-state index contributed by atoms with van der Waals surface area (Å²) in [6.45, 7) is 1.93. The fourth-order valence-electron chi connectivity index (χ4n) is 3.55. The van der Waals surface area contributed by atoms with Gasteiger partial charge in [0, 0.05) is 13.1 Å². The van der Waals surface area contributed by atoms with Crippen molar-refractivity contribution in [1.29, 1.82) is 5.26 Å². The van der Waals surface area contributed by atoms with E-state index in [1.807, 2.05) is 0 Å². The Kier molecular flexibility index (Phi) is 3.17. The van der Waals surface area contributed by atoms with Crippen LogP contribution < -0.4 is 5.32 Å². The Morgan fingerprint density at radius 2 is 1.89 bits per heavy atom. The predicted octanol–water partition coefficient (Wildman–Crippen LogP) is 1.41. The molecule has 19 heavy (non-hydrogen) atoms. The number of nitriles is 1. The number of hydrogen-bond acceptors (Lipinski definition) is 4. The van der Waals surface area contributed by atoms with Crippen molar-refractivity contribution in [3.8, 4) is 6.07 Å². The molecule has 0 aromatic heterocycles. The summed E-state index contributed by atoms with van der Waals surface area (Å²) in [5, 5.41) is 12.1. The van der Waals surface area contributed by atoms with E-state index in [-0.39, 0.29) is 5.91 Å². The molecule has 1 N–H and O–H groups in total. The molecule has 3 rings (SSSR count). The van der Waals surface area contributed by atoms with Gasteiger partial charge in [0.15, 0.2) is 5.92 Å². The van der Waals surface area contributed by atoms with Crippen molar-refractivity contribution < 1.29 is 4.79 Å². The van der Waals surface area contributed by atoms with Crippen LogP contribution in [0.15, 0.2) is 4.99 Å². The second-order valence-electron chi connectivity index (χ2n) is 5.85. The fourth-order valence-corrected chi connectivity index (χ4v) is 3.55. The molecule has 0 radical (unpaired) electrons. The van der Waals surface area contributed by atoms with E-state index in [0.29, 0.717) is 0 Å². The number of carbonyl (C=O) groups excluding carboxylic acids is 1. The van der Waals surface area contributed by atoms with Crippen molar-refractivity contribution in [3.63, 3.8) is 0 Å². The van der Waals surface area contributed by atoms with Crippen molar-refractivity contribution in [2.24, 2.45) is 10.9 Å². The lowest BCUT2D eigenvalue weighted by molar-refractivity contribution is -0.124. The number of carbonyl (C=O) groups is 1. The minimum absolute atomic E-state index is 0.153. The van der Waals surface area contributed by atoms with Gasteiger partial charge < -0.3 is 4.90 Å². The molecule has 1 amide bonds. The first-order chi connectivity index (χ1) is 9.25. The molecule has 1 spiro atoms. The highest BCUT2D eigenvalue weighted by Gasteiger charge is 2.49. The summed E-state index contributed by atoms with van der Waals surface area (Å²) in [6.07, 6.45) is 7.45. The number of amides is 1. The van der Waals surface area contributed by atoms with Gasteiger partial charge in [-0.3, -0.25) is 10.1 Å². The summed E-state index contributed by atoms with van der Waals surface area (Å²) in [5.74, 6) is -0.0402. The van der Waals surface area contributed by atoms with E-state index in [9.17, 15) is 10.1 Å². The minimum Gasteiger partial charge on any atom is -0.343 e. The Labute approximate surface area is 113 Å². The Morgan fingerprint density at radius 3 is 2.53 bits per heavy atom. The summed E-state index contributed by atoms with van der Waals surface area (Å²) in [5.41, 5.74) is -0.441. The highest BCUT2D eigenvalue weighted by molar-refractivity contribution is 6.02. The number of guanidine groups is 1. The Morgan fingerprint density at radius 1 is 1.21 bits per heavy atom. The molecule has 2 heterocycles. The van der Waals surface area contributed by atoms with E-state index >= 15 is 0 Å². The largest absolute Gasteiger partial charge is 0.343 e. The molecule has 1 aliphatic carbocycles. The first kappa shape index (κ1) is 12.5. The highest BCUT2D eigenvalue weighted by Crippen LogP contribution is 2.41. The summed E-state index contributed by atoms with van der Waals surface area (Å²) in [4.78, 5) is 19.2. The smallest absolute Gasteiger partial charge is 0.246 e. The second-order valence-corrected chi connectivity index (χ2v) is 5.85. The van der Waals surface area contributed by atoms with Gasteiger partial charge >= 0.3 is 0 Å². The van der Waals surface area contributed by atoms with Crippen LogP contribution in [0, 0.1) is 17.2 Å². The van der Waals surface area contributed by atoms with Crippen LogP contribution in [0.2, 0.25) is 0 Å². The van der Waals surface area contributed by atoms with Gasteiger partial charge in [0.1, 0.15) is 0 Å². The van der Waals surface area contributed by atoms with E-state index in [1.54, 1.807) is 0 Å². The van der Waals surface area contributed by atoms with Crippen molar-refractivity contribution >= 4 is 11.9 Å². The zero-order valence-corrected chi connectivity index (χ0v) is 11.2. The van der Waals surface area contributed by atoms with Gasteiger partial charge in [0.2, 0.25) is 11.9 Å². The van der Waals surface area contributed by atoms with Crippen LogP contribution in [-0.4, -0.2) is 35.4 Å². The summed E-state index contributed by atoms with van der Waals surface area (Å²) >= 11 is 0. The van der Waals surface area contributed by atoms with Crippen LogP contribution in [0.5, 0.6) is 0 Å². The maximum Gasteiger partial charge on any atom is 0.246 e. The molecule has 0 bridgehead atoms. The molecule has 5 nitrogen and oxygen atoms in total. The van der Waals surface area contributed by atoms with Crippen LogP contribution in [0.25, 0.3) is 0 Å². The maximum absolute atomic E-state index is 12.2. The summed E-state index contributed by atoms with van der Waals surface area (Å²) in [6, 6.07) is 2.17. The van der Waals surface area contributed by atoms with E-state index in [4.69, 9.17) is 4.99 Å². The van der Waals surface area contributed by atoms with Crippen LogP contribution in [0.3, 0.4) is 0 Å².